The first-order chi connectivity index (χ1) is 18.9. The van der Waals surface area contributed by atoms with Gasteiger partial charge in [-0.25, -0.2) is 8.42 Å². The Bertz CT molecular complexity index is 1620. The van der Waals surface area contributed by atoms with Gasteiger partial charge in [0, 0.05) is 55.1 Å². The van der Waals surface area contributed by atoms with Gasteiger partial charge >= 0.3 is 0 Å². The molecule has 2 aliphatic rings. The molecule has 0 N–H and O–H groups in total. The Morgan fingerprint density at radius 1 is 0.949 bits per heavy atom. The molecule has 0 bridgehead atoms. The van der Waals surface area contributed by atoms with Crippen LogP contribution in [0.3, 0.4) is 0 Å². The number of anilines is 1. The number of benzene rings is 3. The Balaban J connectivity index is 1.32. The third-order valence-corrected chi connectivity index (χ3v) is 8.92. The van der Waals surface area contributed by atoms with E-state index in [1.807, 2.05) is 55.6 Å². The van der Waals surface area contributed by atoms with Gasteiger partial charge in [-0.2, -0.15) is 9.40 Å². The number of sulfonamides is 1. The average molecular weight is 545 g/mol. The van der Waals surface area contributed by atoms with Gasteiger partial charge in [0.15, 0.2) is 11.5 Å². The van der Waals surface area contributed by atoms with E-state index in [4.69, 9.17) is 14.6 Å². The maximum absolute atomic E-state index is 13.7. The third kappa shape index (κ3) is 4.77. The van der Waals surface area contributed by atoms with E-state index >= 15 is 0 Å². The summed E-state index contributed by atoms with van der Waals surface area (Å²) in [7, 11) is -1.95. The van der Waals surface area contributed by atoms with Crippen LogP contribution in [-0.2, 0) is 36.6 Å². The molecule has 9 nitrogen and oxygen atoms in total. The van der Waals surface area contributed by atoms with Crippen molar-refractivity contribution in [2.75, 3.05) is 24.7 Å². The number of hydrogen-bond acceptors (Lipinski definition) is 6. The second-order valence-corrected chi connectivity index (χ2v) is 11.4. The zero-order chi connectivity index (χ0) is 27.0. The number of carbonyl (C=O) groups excluding carboxylic acids is 1. The molecule has 0 fully saturated rings. The summed E-state index contributed by atoms with van der Waals surface area (Å²) < 4.78 is 41.8. The number of aromatic nitrogens is 2. The van der Waals surface area contributed by atoms with Crippen LogP contribution in [0, 0.1) is 0 Å². The fraction of sp³-hybridized carbons (Fsp3) is 0.241. The van der Waals surface area contributed by atoms with Crippen LogP contribution in [0.15, 0.2) is 83.8 Å². The lowest BCUT2D eigenvalue weighted by atomic mass is 10.1. The highest BCUT2D eigenvalue weighted by molar-refractivity contribution is 7.89. The molecule has 200 valence electrons. The second kappa shape index (κ2) is 10.2. The number of para-hydroxylation sites is 1. The number of aryl methyl sites for hydroxylation is 1. The highest BCUT2D eigenvalue weighted by Gasteiger charge is 2.33. The van der Waals surface area contributed by atoms with Gasteiger partial charge in [-0.3, -0.25) is 9.48 Å². The molecule has 0 unspecified atom stereocenters. The fourth-order valence-electron chi connectivity index (χ4n) is 5.08. The number of carbonyl (C=O) groups is 1. The summed E-state index contributed by atoms with van der Waals surface area (Å²) in [5.41, 5.74) is 3.77. The zero-order valence-corrected chi connectivity index (χ0v) is 22.3. The molecular formula is C29H28N4O5S. The van der Waals surface area contributed by atoms with Crippen LogP contribution in [0.25, 0.3) is 0 Å². The van der Waals surface area contributed by atoms with Crippen molar-refractivity contribution in [3.05, 3.63) is 101 Å². The van der Waals surface area contributed by atoms with Crippen molar-refractivity contribution in [2.24, 2.45) is 7.05 Å². The van der Waals surface area contributed by atoms with Crippen LogP contribution in [-0.4, -0.2) is 48.2 Å². The van der Waals surface area contributed by atoms with Gasteiger partial charge in [-0.05, 0) is 36.4 Å². The maximum Gasteiger partial charge on any atom is 0.258 e. The van der Waals surface area contributed by atoms with Crippen LogP contribution in [0.1, 0.15) is 27.3 Å². The number of nitrogens with zero attached hydrogens (tertiary/aromatic N) is 4. The quantitative estimate of drug-likeness (QED) is 0.367. The Morgan fingerprint density at radius 3 is 2.38 bits per heavy atom. The van der Waals surface area contributed by atoms with Crippen LogP contribution < -0.4 is 14.4 Å². The lowest BCUT2D eigenvalue weighted by molar-refractivity contribution is 0.0984. The summed E-state index contributed by atoms with van der Waals surface area (Å²) in [5, 5.41) is 4.75. The van der Waals surface area contributed by atoms with Gasteiger partial charge in [0.2, 0.25) is 10.0 Å². The van der Waals surface area contributed by atoms with E-state index in [1.54, 1.807) is 33.8 Å². The third-order valence-electron chi connectivity index (χ3n) is 7.08. The normalized spacial score (nSPS) is 15.0. The summed E-state index contributed by atoms with van der Waals surface area (Å²) in [6, 6.07) is 23.3. The first-order valence-corrected chi connectivity index (χ1v) is 14.2. The highest BCUT2D eigenvalue weighted by atomic mass is 32.2. The average Bonchev–Trinajstić information content (AvgIpc) is 3.30. The molecule has 3 aromatic carbocycles. The molecule has 1 aromatic heterocycles. The van der Waals surface area contributed by atoms with E-state index in [9.17, 15) is 13.2 Å². The van der Waals surface area contributed by atoms with Gasteiger partial charge in [0.1, 0.15) is 13.2 Å². The van der Waals surface area contributed by atoms with Crippen molar-refractivity contribution in [2.45, 2.75) is 24.4 Å². The zero-order valence-electron chi connectivity index (χ0n) is 21.5. The molecule has 0 aliphatic carbocycles. The number of hydrogen-bond donors (Lipinski definition) is 0. The minimum Gasteiger partial charge on any atom is -0.486 e. The molecule has 1 amide bonds. The SMILES string of the molecule is Cn1nc(CN(C(=O)c2ccccc2)c2ccccc2)c2c1CCN(S(=O)(=O)c1ccc3c(c1)OCCO3)C2. The predicted molar refractivity (Wildman–Crippen MR) is 145 cm³/mol. The summed E-state index contributed by atoms with van der Waals surface area (Å²) in [6.07, 6.45) is 0.514. The van der Waals surface area contributed by atoms with Crippen molar-refractivity contribution in [1.29, 1.82) is 0 Å². The molecule has 4 aromatic rings. The van der Waals surface area contributed by atoms with Crippen LogP contribution in [0.4, 0.5) is 5.69 Å². The number of amides is 1. The first kappa shape index (κ1) is 25.1. The molecule has 6 rings (SSSR count). The van der Waals surface area contributed by atoms with E-state index in [2.05, 4.69) is 0 Å². The van der Waals surface area contributed by atoms with Crippen LogP contribution >= 0.6 is 0 Å². The molecule has 0 atom stereocenters. The fourth-order valence-corrected chi connectivity index (χ4v) is 6.51. The number of fused-ring (bicyclic) bond motifs is 2. The standard InChI is InChI=1S/C29H28N4O5S/c1-31-26-14-15-32(39(35,36)23-12-13-27-28(18-23)38-17-16-37-27)19-24(26)25(30-31)20-33(22-10-6-3-7-11-22)29(34)21-8-4-2-5-9-21/h2-13,18H,14-17,19-20H2,1H3. The molecule has 0 saturated heterocycles. The van der Waals surface area contributed by atoms with E-state index in [1.165, 1.54) is 10.4 Å². The topological polar surface area (TPSA) is 94.0 Å². The largest absolute Gasteiger partial charge is 0.486 e. The molecule has 39 heavy (non-hydrogen) atoms. The smallest absolute Gasteiger partial charge is 0.258 e. The van der Waals surface area contributed by atoms with Gasteiger partial charge in [0.05, 0.1) is 17.1 Å². The van der Waals surface area contributed by atoms with Crippen LogP contribution in [0.2, 0.25) is 0 Å². The summed E-state index contributed by atoms with van der Waals surface area (Å²) in [6.45, 7) is 1.51. The lowest BCUT2D eigenvalue weighted by Crippen LogP contribution is -2.37. The van der Waals surface area contributed by atoms with Crippen molar-refractivity contribution >= 4 is 21.6 Å². The Hall–Kier alpha value is -4.15. The molecule has 0 radical (unpaired) electrons. The van der Waals surface area contributed by atoms with Gasteiger partial charge in [0.25, 0.3) is 5.91 Å². The Labute approximate surface area is 227 Å². The Morgan fingerprint density at radius 2 is 1.64 bits per heavy atom. The molecule has 0 saturated carbocycles. The van der Waals surface area contributed by atoms with Crippen molar-refractivity contribution < 1.29 is 22.7 Å². The van der Waals surface area contributed by atoms with Gasteiger partial charge in [-0.15, -0.1) is 0 Å². The maximum atomic E-state index is 13.7. The van der Waals surface area contributed by atoms with E-state index in [0.29, 0.717) is 48.9 Å². The second-order valence-electron chi connectivity index (χ2n) is 9.48. The van der Waals surface area contributed by atoms with Crippen molar-refractivity contribution in [3.8, 4) is 11.5 Å². The molecule has 10 heteroatoms. The molecule has 2 aliphatic heterocycles. The summed E-state index contributed by atoms with van der Waals surface area (Å²) in [5.74, 6) is 0.817. The number of rotatable bonds is 6. The van der Waals surface area contributed by atoms with E-state index < -0.39 is 10.0 Å². The van der Waals surface area contributed by atoms with Crippen molar-refractivity contribution in [3.63, 3.8) is 0 Å². The van der Waals surface area contributed by atoms with E-state index in [-0.39, 0.29) is 23.9 Å². The highest BCUT2D eigenvalue weighted by Crippen LogP contribution is 2.35. The molecular weight excluding hydrogens is 516 g/mol. The molecule has 0 spiro atoms. The van der Waals surface area contributed by atoms with Crippen molar-refractivity contribution in [1.82, 2.24) is 14.1 Å². The number of ether oxygens (including phenoxy) is 2. The minimum atomic E-state index is -3.81. The minimum absolute atomic E-state index is 0.155. The van der Waals surface area contributed by atoms with E-state index in [0.717, 1.165) is 16.9 Å². The molecule has 3 heterocycles. The lowest BCUT2D eigenvalue weighted by Gasteiger charge is -2.28. The summed E-state index contributed by atoms with van der Waals surface area (Å²) in [4.78, 5) is 15.5. The van der Waals surface area contributed by atoms with Gasteiger partial charge in [-0.1, -0.05) is 36.4 Å². The van der Waals surface area contributed by atoms with Gasteiger partial charge < -0.3 is 14.4 Å². The van der Waals surface area contributed by atoms with Crippen LogP contribution in [0.5, 0.6) is 11.5 Å². The predicted octanol–water partition coefficient (Wildman–Crippen LogP) is 3.79. The Kier molecular flexibility index (Phi) is 6.58. The monoisotopic (exact) mass is 544 g/mol. The first-order valence-electron chi connectivity index (χ1n) is 12.8. The summed E-state index contributed by atoms with van der Waals surface area (Å²) >= 11 is 0.